The first-order valence-corrected chi connectivity index (χ1v) is 6.29. The Kier molecular flexibility index (Phi) is 3.56. The molecule has 1 aliphatic rings. The zero-order valence-electron chi connectivity index (χ0n) is 10.6. The summed E-state index contributed by atoms with van der Waals surface area (Å²) in [4.78, 5) is 17.7. The molecule has 18 heavy (non-hydrogen) atoms. The molecule has 0 amide bonds. The first-order valence-electron chi connectivity index (χ1n) is 6.29. The number of aromatic amines is 1. The van der Waals surface area contributed by atoms with E-state index in [0.717, 1.165) is 25.7 Å². The molecule has 5 N–H and O–H groups in total. The second-order valence-electron chi connectivity index (χ2n) is 5.27. The van der Waals surface area contributed by atoms with Crippen molar-refractivity contribution >= 4 is 11.5 Å². The summed E-state index contributed by atoms with van der Waals surface area (Å²) >= 11 is 0. The normalized spacial score (nSPS) is 28.0. The van der Waals surface area contributed by atoms with Crippen LogP contribution in [0.1, 0.15) is 32.6 Å². The number of anilines is 2. The Balaban J connectivity index is 2.02. The predicted octanol–water partition coefficient (Wildman–Crippen LogP) is 0.705. The molecule has 2 rings (SSSR count). The van der Waals surface area contributed by atoms with Gasteiger partial charge in [0.05, 0.1) is 11.9 Å². The van der Waals surface area contributed by atoms with Crippen molar-refractivity contribution in [1.82, 2.24) is 9.97 Å². The maximum atomic E-state index is 11.3. The molecule has 0 aliphatic heterocycles. The van der Waals surface area contributed by atoms with Crippen molar-refractivity contribution in [2.75, 3.05) is 17.6 Å². The largest absolute Gasteiger partial charge is 0.391 e. The molecule has 2 atom stereocenters. The quantitative estimate of drug-likeness (QED) is 0.634. The van der Waals surface area contributed by atoms with E-state index in [1.807, 2.05) is 0 Å². The van der Waals surface area contributed by atoms with Crippen LogP contribution in [0.3, 0.4) is 0 Å². The Bertz CT molecular complexity index is 473. The van der Waals surface area contributed by atoms with Crippen LogP contribution in [-0.2, 0) is 0 Å². The number of nitrogens with two attached hydrogens (primary N) is 1. The third kappa shape index (κ3) is 2.81. The summed E-state index contributed by atoms with van der Waals surface area (Å²) in [5, 5.41) is 13.4. The van der Waals surface area contributed by atoms with Crippen molar-refractivity contribution < 1.29 is 5.11 Å². The Labute approximate surface area is 106 Å². The average molecular weight is 252 g/mol. The highest BCUT2D eigenvalue weighted by Gasteiger charge is 2.32. The van der Waals surface area contributed by atoms with Crippen LogP contribution in [-0.4, -0.2) is 27.2 Å². The zero-order chi connectivity index (χ0) is 13.2. The van der Waals surface area contributed by atoms with Gasteiger partial charge in [0.25, 0.3) is 5.56 Å². The highest BCUT2D eigenvalue weighted by Crippen LogP contribution is 2.32. The van der Waals surface area contributed by atoms with E-state index < -0.39 is 5.60 Å². The van der Waals surface area contributed by atoms with Gasteiger partial charge in [-0.25, -0.2) is 4.98 Å². The summed E-state index contributed by atoms with van der Waals surface area (Å²) < 4.78 is 0. The fraction of sp³-hybridized carbons (Fsp3) is 0.667. The minimum absolute atomic E-state index is 0.0601. The Hall–Kier alpha value is -1.56. The van der Waals surface area contributed by atoms with Crippen LogP contribution in [0.5, 0.6) is 0 Å². The average Bonchev–Trinajstić information content (AvgIpc) is 2.31. The minimum Gasteiger partial charge on any atom is -0.391 e. The van der Waals surface area contributed by atoms with Crippen molar-refractivity contribution in [3.8, 4) is 0 Å². The standard InChI is InChI=1S/C12H20N4O2/c1-8-3-2-4-12(18,5-8)6-14-10-9(13)11(17)16-7-15-10/h7-8,18H,2-6,13H2,1H3,(H2,14,15,16,17). The van der Waals surface area contributed by atoms with Gasteiger partial charge in [-0.2, -0.15) is 0 Å². The van der Waals surface area contributed by atoms with Crippen molar-refractivity contribution in [3.63, 3.8) is 0 Å². The van der Waals surface area contributed by atoms with Gasteiger partial charge in [-0.3, -0.25) is 4.79 Å². The smallest absolute Gasteiger partial charge is 0.276 e. The van der Waals surface area contributed by atoms with Crippen LogP contribution >= 0.6 is 0 Å². The van der Waals surface area contributed by atoms with Crippen molar-refractivity contribution in [2.45, 2.75) is 38.2 Å². The van der Waals surface area contributed by atoms with Gasteiger partial charge in [0.15, 0.2) is 5.82 Å². The summed E-state index contributed by atoms with van der Waals surface area (Å²) in [6, 6.07) is 0. The number of nitrogen functional groups attached to an aromatic ring is 1. The molecule has 1 aliphatic carbocycles. The molecule has 1 heterocycles. The van der Waals surface area contributed by atoms with E-state index in [4.69, 9.17) is 5.73 Å². The van der Waals surface area contributed by atoms with E-state index in [1.165, 1.54) is 6.33 Å². The highest BCUT2D eigenvalue weighted by molar-refractivity contribution is 5.58. The van der Waals surface area contributed by atoms with Crippen molar-refractivity contribution in [1.29, 1.82) is 0 Å². The fourth-order valence-corrected chi connectivity index (χ4v) is 2.59. The Morgan fingerprint density at radius 1 is 1.72 bits per heavy atom. The minimum atomic E-state index is -0.728. The maximum absolute atomic E-state index is 11.3. The lowest BCUT2D eigenvalue weighted by atomic mass is 9.79. The number of nitrogens with zero attached hydrogens (tertiary/aromatic N) is 1. The van der Waals surface area contributed by atoms with Gasteiger partial charge in [-0.05, 0) is 18.8 Å². The summed E-state index contributed by atoms with van der Waals surface area (Å²) in [5.41, 5.74) is 4.59. The number of H-pyrrole nitrogens is 1. The van der Waals surface area contributed by atoms with Crippen molar-refractivity contribution in [2.24, 2.45) is 5.92 Å². The van der Waals surface area contributed by atoms with Gasteiger partial charge in [0.1, 0.15) is 5.69 Å². The fourth-order valence-electron chi connectivity index (χ4n) is 2.59. The van der Waals surface area contributed by atoms with Gasteiger partial charge in [0.2, 0.25) is 0 Å². The predicted molar refractivity (Wildman–Crippen MR) is 70.3 cm³/mol. The molecule has 2 unspecified atom stereocenters. The number of aliphatic hydroxyl groups is 1. The van der Waals surface area contributed by atoms with Gasteiger partial charge >= 0.3 is 0 Å². The molecule has 1 saturated carbocycles. The molecule has 0 saturated heterocycles. The lowest BCUT2D eigenvalue weighted by Gasteiger charge is -2.35. The molecule has 1 aromatic rings. The van der Waals surface area contributed by atoms with Crippen LogP contribution < -0.4 is 16.6 Å². The molecule has 100 valence electrons. The lowest BCUT2D eigenvalue weighted by Crippen LogP contribution is -2.41. The summed E-state index contributed by atoms with van der Waals surface area (Å²) in [6.07, 6.45) is 5.02. The van der Waals surface area contributed by atoms with E-state index in [2.05, 4.69) is 22.2 Å². The molecular weight excluding hydrogens is 232 g/mol. The first kappa shape index (κ1) is 12.9. The summed E-state index contributed by atoms with van der Waals surface area (Å²) in [6.45, 7) is 2.52. The Morgan fingerprint density at radius 2 is 2.50 bits per heavy atom. The SMILES string of the molecule is CC1CCCC(O)(CNc2nc[nH]c(=O)c2N)C1. The number of hydrogen-bond donors (Lipinski definition) is 4. The summed E-state index contributed by atoms with van der Waals surface area (Å²) in [5.74, 6) is 0.862. The molecular formula is C12H20N4O2. The zero-order valence-corrected chi connectivity index (χ0v) is 10.6. The molecule has 0 radical (unpaired) electrons. The number of rotatable bonds is 3. The summed E-state index contributed by atoms with van der Waals surface area (Å²) in [7, 11) is 0. The molecule has 1 fully saturated rings. The van der Waals surface area contributed by atoms with Gasteiger partial charge < -0.3 is 21.1 Å². The molecule has 0 spiro atoms. The molecule has 6 heteroatoms. The van der Waals surface area contributed by atoms with Crippen LogP contribution in [0.2, 0.25) is 0 Å². The Morgan fingerprint density at radius 3 is 3.22 bits per heavy atom. The van der Waals surface area contributed by atoms with Crippen LogP contribution in [0.15, 0.2) is 11.1 Å². The van der Waals surface area contributed by atoms with Crippen LogP contribution in [0, 0.1) is 5.92 Å². The third-order valence-electron chi connectivity index (χ3n) is 3.54. The van der Waals surface area contributed by atoms with Gasteiger partial charge in [-0.15, -0.1) is 0 Å². The second-order valence-corrected chi connectivity index (χ2v) is 5.27. The van der Waals surface area contributed by atoms with E-state index in [0.29, 0.717) is 18.3 Å². The number of aromatic nitrogens is 2. The molecule has 1 aromatic heterocycles. The van der Waals surface area contributed by atoms with Crippen LogP contribution in [0.25, 0.3) is 0 Å². The number of nitrogens with one attached hydrogen (secondary N) is 2. The number of hydrogen-bond acceptors (Lipinski definition) is 5. The topological polar surface area (TPSA) is 104 Å². The third-order valence-corrected chi connectivity index (χ3v) is 3.54. The lowest BCUT2D eigenvalue weighted by molar-refractivity contribution is -0.000814. The van der Waals surface area contributed by atoms with E-state index in [1.54, 1.807) is 0 Å². The van der Waals surface area contributed by atoms with Crippen LogP contribution in [0.4, 0.5) is 11.5 Å². The monoisotopic (exact) mass is 252 g/mol. The molecule has 0 bridgehead atoms. The van der Waals surface area contributed by atoms with Gasteiger partial charge in [0, 0.05) is 6.54 Å². The van der Waals surface area contributed by atoms with Gasteiger partial charge in [-0.1, -0.05) is 19.8 Å². The van der Waals surface area contributed by atoms with E-state index in [-0.39, 0.29) is 11.2 Å². The second kappa shape index (κ2) is 4.97. The van der Waals surface area contributed by atoms with E-state index >= 15 is 0 Å². The molecule has 6 nitrogen and oxygen atoms in total. The van der Waals surface area contributed by atoms with E-state index in [9.17, 15) is 9.90 Å². The highest BCUT2D eigenvalue weighted by atomic mass is 16.3. The molecule has 0 aromatic carbocycles. The van der Waals surface area contributed by atoms with Crippen molar-refractivity contribution in [3.05, 3.63) is 16.7 Å². The maximum Gasteiger partial charge on any atom is 0.276 e. The first-order chi connectivity index (χ1) is 8.50.